The van der Waals surface area contributed by atoms with Crippen molar-refractivity contribution < 1.29 is 4.79 Å². The van der Waals surface area contributed by atoms with Gasteiger partial charge in [0.15, 0.2) is 0 Å². The molecule has 4 heteroatoms. The molecular weight excluding hydrogens is 260 g/mol. The highest BCUT2D eigenvalue weighted by Gasteiger charge is 2.05. The second kappa shape index (κ2) is 8.94. The van der Waals surface area contributed by atoms with E-state index < -0.39 is 0 Å². The van der Waals surface area contributed by atoms with E-state index in [9.17, 15) is 4.79 Å². The molecule has 1 atom stereocenters. The van der Waals surface area contributed by atoms with Gasteiger partial charge in [-0.25, -0.2) is 0 Å². The molecule has 106 valence electrons. The number of rotatable bonds is 8. The van der Waals surface area contributed by atoms with Gasteiger partial charge in [0.05, 0.1) is 0 Å². The van der Waals surface area contributed by atoms with E-state index in [1.807, 2.05) is 31.2 Å². The predicted octanol–water partition coefficient (Wildman–Crippen LogP) is 2.78. The van der Waals surface area contributed by atoms with E-state index in [0.717, 1.165) is 24.4 Å². The van der Waals surface area contributed by atoms with Crippen LogP contribution in [0.5, 0.6) is 0 Å². The van der Waals surface area contributed by atoms with Crippen molar-refractivity contribution in [3.8, 4) is 0 Å². The summed E-state index contributed by atoms with van der Waals surface area (Å²) < 4.78 is 0. The van der Waals surface area contributed by atoms with Gasteiger partial charge in [-0.15, -0.1) is 0 Å². The minimum atomic E-state index is 0.119. The summed E-state index contributed by atoms with van der Waals surface area (Å²) in [4.78, 5) is 11.4. The molecule has 0 saturated heterocycles. The quantitative estimate of drug-likeness (QED) is 0.770. The fourth-order valence-corrected chi connectivity index (χ4v) is 1.96. The van der Waals surface area contributed by atoms with Crippen molar-refractivity contribution >= 4 is 17.5 Å². The van der Waals surface area contributed by atoms with Crippen LogP contribution < -0.4 is 10.6 Å². The molecule has 19 heavy (non-hydrogen) atoms. The molecule has 1 amide bonds. The number of nitrogens with one attached hydrogen (secondary N) is 2. The van der Waals surface area contributed by atoms with Gasteiger partial charge in [-0.3, -0.25) is 4.79 Å². The molecule has 0 saturated carbocycles. The number of hydrogen-bond donors (Lipinski definition) is 2. The maximum atomic E-state index is 11.4. The van der Waals surface area contributed by atoms with E-state index >= 15 is 0 Å². The molecule has 1 rings (SSSR count). The van der Waals surface area contributed by atoms with Crippen molar-refractivity contribution in [1.29, 1.82) is 0 Å². The monoisotopic (exact) mass is 282 g/mol. The molecule has 0 heterocycles. The van der Waals surface area contributed by atoms with Crippen LogP contribution in [0.2, 0.25) is 5.02 Å². The standard InChI is InChI=1S/C15H23ClN2O/c1-3-9-18-15(19)8-10-17-12(2)11-13-4-6-14(16)7-5-13/h4-7,12,17H,3,8-11H2,1-2H3,(H,18,19). The average molecular weight is 283 g/mol. The Kier molecular flexibility index (Phi) is 7.53. The Bertz CT molecular complexity index is 378. The van der Waals surface area contributed by atoms with E-state index in [-0.39, 0.29) is 5.91 Å². The molecule has 0 radical (unpaired) electrons. The number of hydrogen-bond acceptors (Lipinski definition) is 2. The number of carbonyl (C=O) groups is 1. The first-order chi connectivity index (χ1) is 9.11. The zero-order valence-corrected chi connectivity index (χ0v) is 12.5. The fourth-order valence-electron chi connectivity index (χ4n) is 1.83. The third-order valence-electron chi connectivity index (χ3n) is 2.87. The highest BCUT2D eigenvalue weighted by molar-refractivity contribution is 6.30. The van der Waals surface area contributed by atoms with Gasteiger partial charge >= 0.3 is 0 Å². The van der Waals surface area contributed by atoms with Gasteiger partial charge in [-0.1, -0.05) is 30.7 Å². The van der Waals surface area contributed by atoms with Crippen molar-refractivity contribution in [2.24, 2.45) is 0 Å². The summed E-state index contributed by atoms with van der Waals surface area (Å²) in [6.07, 6.45) is 2.45. The normalized spacial score (nSPS) is 12.2. The summed E-state index contributed by atoms with van der Waals surface area (Å²) in [6, 6.07) is 8.23. The topological polar surface area (TPSA) is 41.1 Å². The molecule has 1 unspecified atom stereocenters. The van der Waals surface area contributed by atoms with Crippen LogP contribution in [-0.4, -0.2) is 25.0 Å². The molecule has 0 fully saturated rings. The maximum Gasteiger partial charge on any atom is 0.221 e. The first kappa shape index (κ1) is 16.0. The lowest BCUT2D eigenvalue weighted by atomic mass is 10.1. The zero-order valence-electron chi connectivity index (χ0n) is 11.7. The summed E-state index contributed by atoms with van der Waals surface area (Å²) in [5.41, 5.74) is 1.25. The van der Waals surface area contributed by atoms with Crippen LogP contribution >= 0.6 is 11.6 Å². The van der Waals surface area contributed by atoms with Crippen LogP contribution in [0, 0.1) is 0 Å². The summed E-state index contributed by atoms with van der Waals surface area (Å²) in [5.74, 6) is 0.119. The minimum absolute atomic E-state index is 0.119. The van der Waals surface area contributed by atoms with E-state index in [0.29, 0.717) is 19.0 Å². The Balaban J connectivity index is 2.19. The van der Waals surface area contributed by atoms with Gasteiger partial charge in [-0.05, 0) is 37.5 Å². The highest BCUT2D eigenvalue weighted by atomic mass is 35.5. The van der Waals surface area contributed by atoms with Crippen LogP contribution in [0.1, 0.15) is 32.3 Å². The highest BCUT2D eigenvalue weighted by Crippen LogP contribution is 2.10. The molecule has 2 N–H and O–H groups in total. The van der Waals surface area contributed by atoms with Gasteiger partial charge in [0.2, 0.25) is 5.91 Å². The van der Waals surface area contributed by atoms with E-state index in [1.54, 1.807) is 0 Å². The molecule has 0 spiro atoms. The molecule has 0 aliphatic carbocycles. The summed E-state index contributed by atoms with van der Waals surface area (Å²) in [5, 5.41) is 6.99. The Morgan fingerprint density at radius 3 is 2.58 bits per heavy atom. The van der Waals surface area contributed by atoms with Crippen molar-refractivity contribution in [2.75, 3.05) is 13.1 Å². The van der Waals surface area contributed by atoms with Gasteiger partial charge < -0.3 is 10.6 Å². The van der Waals surface area contributed by atoms with E-state index in [1.165, 1.54) is 5.56 Å². The molecular formula is C15H23ClN2O. The first-order valence-corrected chi connectivity index (χ1v) is 7.24. The molecule has 0 aromatic heterocycles. The third kappa shape index (κ3) is 7.19. The Morgan fingerprint density at radius 1 is 1.26 bits per heavy atom. The van der Waals surface area contributed by atoms with Crippen molar-refractivity contribution in [3.05, 3.63) is 34.9 Å². The van der Waals surface area contributed by atoms with Crippen molar-refractivity contribution in [2.45, 2.75) is 39.2 Å². The van der Waals surface area contributed by atoms with Gasteiger partial charge in [0.1, 0.15) is 0 Å². The molecule has 1 aromatic carbocycles. The lowest BCUT2D eigenvalue weighted by Gasteiger charge is -2.13. The predicted molar refractivity (Wildman–Crippen MR) is 80.5 cm³/mol. The van der Waals surface area contributed by atoms with Crippen LogP contribution in [0.3, 0.4) is 0 Å². The molecule has 0 bridgehead atoms. The number of carbonyl (C=O) groups excluding carboxylic acids is 1. The SMILES string of the molecule is CCCNC(=O)CCNC(C)Cc1ccc(Cl)cc1. The van der Waals surface area contributed by atoms with E-state index in [4.69, 9.17) is 11.6 Å². The van der Waals surface area contributed by atoms with Crippen LogP contribution in [0.4, 0.5) is 0 Å². The van der Waals surface area contributed by atoms with Crippen LogP contribution in [0.25, 0.3) is 0 Å². The van der Waals surface area contributed by atoms with Crippen molar-refractivity contribution in [3.63, 3.8) is 0 Å². The Labute approximate surface area is 120 Å². The lowest BCUT2D eigenvalue weighted by molar-refractivity contribution is -0.121. The lowest BCUT2D eigenvalue weighted by Crippen LogP contribution is -2.33. The van der Waals surface area contributed by atoms with Gasteiger partial charge in [0, 0.05) is 30.6 Å². The fraction of sp³-hybridized carbons (Fsp3) is 0.533. The Morgan fingerprint density at radius 2 is 1.95 bits per heavy atom. The summed E-state index contributed by atoms with van der Waals surface area (Å²) in [6.45, 7) is 5.65. The second-order valence-electron chi connectivity index (χ2n) is 4.79. The first-order valence-electron chi connectivity index (χ1n) is 6.86. The minimum Gasteiger partial charge on any atom is -0.356 e. The van der Waals surface area contributed by atoms with E-state index in [2.05, 4.69) is 17.6 Å². The van der Waals surface area contributed by atoms with Crippen molar-refractivity contribution in [1.82, 2.24) is 10.6 Å². The smallest absolute Gasteiger partial charge is 0.221 e. The van der Waals surface area contributed by atoms with Gasteiger partial charge in [0.25, 0.3) is 0 Å². The average Bonchev–Trinajstić information content (AvgIpc) is 2.39. The zero-order chi connectivity index (χ0) is 14.1. The molecule has 0 aliphatic heterocycles. The summed E-state index contributed by atoms with van der Waals surface area (Å²) in [7, 11) is 0. The third-order valence-corrected chi connectivity index (χ3v) is 3.12. The number of benzene rings is 1. The largest absolute Gasteiger partial charge is 0.356 e. The van der Waals surface area contributed by atoms with Gasteiger partial charge in [-0.2, -0.15) is 0 Å². The van der Waals surface area contributed by atoms with Crippen LogP contribution in [0.15, 0.2) is 24.3 Å². The number of halogens is 1. The molecule has 3 nitrogen and oxygen atoms in total. The Hall–Kier alpha value is -1.06. The molecule has 0 aliphatic rings. The molecule has 1 aromatic rings. The second-order valence-corrected chi connectivity index (χ2v) is 5.22. The summed E-state index contributed by atoms with van der Waals surface area (Å²) >= 11 is 5.85. The number of amides is 1. The maximum absolute atomic E-state index is 11.4. The van der Waals surface area contributed by atoms with Crippen LogP contribution in [-0.2, 0) is 11.2 Å².